The van der Waals surface area contributed by atoms with Crippen molar-refractivity contribution in [1.82, 2.24) is 0 Å². The third kappa shape index (κ3) is 3.17. The van der Waals surface area contributed by atoms with Gasteiger partial charge < -0.3 is 5.32 Å². The SMILES string of the molecule is N#CCc1ccc(C(=O)Nc2ccccc2F)cc1. The van der Waals surface area contributed by atoms with Crippen LogP contribution in [0.1, 0.15) is 15.9 Å². The van der Waals surface area contributed by atoms with Gasteiger partial charge in [-0.15, -0.1) is 0 Å². The molecule has 0 aliphatic rings. The van der Waals surface area contributed by atoms with Crippen molar-refractivity contribution in [2.75, 3.05) is 5.32 Å². The molecule has 3 nitrogen and oxygen atoms in total. The topological polar surface area (TPSA) is 52.9 Å². The van der Waals surface area contributed by atoms with Crippen LogP contribution in [-0.4, -0.2) is 5.91 Å². The van der Waals surface area contributed by atoms with Crippen LogP contribution in [0.15, 0.2) is 48.5 Å². The molecule has 1 N–H and O–H groups in total. The van der Waals surface area contributed by atoms with Crippen molar-refractivity contribution in [2.24, 2.45) is 0 Å². The van der Waals surface area contributed by atoms with E-state index in [1.54, 1.807) is 36.4 Å². The Morgan fingerprint density at radius 1 is 1.16 bits per heavy atom. The van der Waals surface area contributed by atoms with E-state index in [0.717, 1.165) is 5.56 Å². The van der Waals surface area contributed by atoms with Crippen LogP contribution in [0.5, 0.6) is 0 Å². The van der Waals surface area contributed by atoms with Gasteiger partial charge in [-0.2, -0.15) is 5.26 Å². The highest BCUT2D eigenvalue weighted by Crippen LogP contribution is 2.14. The molecule has 0 radical (unpaired) electrons. The number of rotatable bonds is 3. The Balaban J connectivity index is 2.12. The summed E-state index contributed by atoms with van der Waals surface area (Å²) >= 11 is 0. The normalized spacial score (nSPS) is 9.68. The molecule has 2 aromatic carbocycles. The lowest BCUT2D eigenvalue weighted by Crippen LogP contribution is -2.12. The Morgan fingerprint density at radius 3 is 2.47 bits per heavy atom. The second-order valence-corrected chi connectivity index (χ2v) is 3.97. The number of carbonyl (C=O) groups excluding carboxylic acids is 1. The van der Waals surface area contributed by atoms with Crippen LogP contribution in [-0.2, 0) is 6.42 Å². The molecule has 0 heterocycles. The molecule has 2 rings (SSSR count). The Hall–Kier alpha value is -2.67. The summed E-state index contributed by atoms with van der Waals surface area (Å²) in [6, 6.07) is 14.7. The Kier molecular flexibility index (Phi) is 3.89. The predicted octanol–water partition coefficient (Wildman–Crippen LogP) is 3.14. The first-order chi connectivity index (χ1) is 9.20. The average Bonchev–Trinajstić information content (AvgIpc) is 2.42. The smallest absolute Gasteiger partial charge is 0.255 e. The summed E-state index contributed by atoms with van der Waals surface area (Å²) < 4.78 is 13.4. The maximum atomic E-state index is 13.4. The number of hydrogen-bond acceptors (Lipinski definition) is 2. The van der Waals surface area contributed by atoms with Gasteiger partial charge in [-0.25, -0.2) is 4.39 Å². The predicted molar refractivity (Wildman–Crippen MR) is 70.1 cm³/mol. The van der Waals surface area contributed by atoms with Crippen molar-refractivity contribution in [3.05, 3.63) is 65.5 Å². The maximum absolute atomic E-state index is 13.4. The van der Waals surface area contributed by atoms with Gasteiger partial charge in [0.2, 0.25) is 0 Å². The van der Waals surface area contributed by atoms with Crippen molar-refractivity contribution >= 4 is 11.6 Å². The number of nitrogens with one attached hydrogen (secondary N) is 1. The number of benzene rings is 2. The zero-order valence-corrected chi connectivity index (χ0v) is 10.1. The van der Waals surface area contributed by atoms with Crippen molar-refractivity contribution in [3.63, 3.8) is 0 Å². The fourth-order valence-electron chi connectivity index (χ4n) is 1.62. The van der Waals surface area contributed by atoms with Crippen molar-refractivity contribution in [2.45, 2.75) is 6.42 Å². The molecule has 0 saturated heterocycles. The van der Waals surface area contributed by atoms with E-state index < -0.39 is 5.82 Å². The number of anilines is 1. The summed E-state index contributed by atoms with van der Waals surface area (Å²) in [4.78, 5) is 11.9. The molecular formula is C15H11FN2O. The fraction of sp³-hybridized carbons (Fsp3) is 0.0667. The molecule has 2 aromatic rings. The minimum Gasteiger partial charge on any atom is -0.319 e. The number of carbonyl (C=O) groups is 1. The first-order valence-electron chi connectivity index (χ1n) is 5.72. The van der Waals surface area contributed by atoms with Crippen LogP contribution >= 0.6 is 0 Å². The third-order valence-corrected chi connectivity index (χ3v) is 2.62. The van der Waals surface area contributed by atoms with E-state index in [1.807, 2.05) is 6.07 Å². The molecule has 0 atom stereocenters. The minimum atomic E-state index is -0.475. The quantitative estimate of drug-likeness (QED) is 0.914. The zero-order valence-electron chi connectivity index (χ0n) is 10.1. The minimum absolute atomic E-state index is 0.147. The first-order valence-corrected chi connectivity index (χ1v) is 5.72. The lowest BCUT2D eigenvalue weighted by Gasteiger charge is -2.06. The van der Waals surface area contributed by atoms with Crippen LogP contribution < -0.4 is 5.32 Å². The summed E-state index contributed by atoms with van der Waals surface area (Å²) in [6.07, 6.45) is 0.301. The van der Waals surface area contributed by atoms with E-state index in [0.29, 0.717) is 12.0 Å². The molecule has 0 bridgehead atoms. The van der Waals surface area contributed by atoms with Gasteiger partial charge in [-0.3, -0.25) is 4.79 Å². The maximum Gasteiger partial charge on any atom is 0.255 e. The largest absolute Gasteiger partial charge is 0.319 e. The molecule has 0 aliphatic carbocycles. The Morgan fingerprint density at radius 2 is 1.84 bits per heavy atom. The highest BCUT2D eigenvalue weighted by molar-refractivity contribution is 6.04. The molecule has 19 heavy (non-hydrogen) atoms. The number of nitrogens with zero attached hydrogens (tertiary/aromatic N) is 1. The summed E-state index contributed by atoms with van der Waals surface area (Å²) in [5.74, 6) is -0.856. The zero-order chi connectivity index (χ0) is 13.7. The van der Waals surface area contributed by atoms with Crippen molar-refractivity contribution in [3.8, 4) is 6.07 Å². The highest BCUT2D eigenvalue weighted by Gasteiger charge is 2.08. The van der Waals surface area contributed by atoms with Crippen molar-refractivity contribution < 1.29 is 9.18 Å². The Bertz CT molecular complexity index is 629. The van der Waals surface area contributed by atoms with Crippen LogP contribution in [0.2, 0.25) is 0 Å². The summed E-state index contributed by atoms with van der Waals surface area (Å²) in [5, 5.41) is 11.1. The molecular weight excluding hydrogens is 243 g/mol. The molecule has 4 heteroatoms. The highest BCUT2D eigenvalue weighted by atomic mass is 19.1. The number of hydrogen-bond donors (Lipinski definition) is 1. The van der Waals surface area contributed by atoms with E-state index in [1.165, 1.54) is 12.1 Å². The van der Waals surface area contributed by atoms with E-state index in [9.17, 15) is 9.18 Å². The molecule has 94 valence electrons. The second-order valence-electron chi connectivity index (χ2n) is 3.97. The van der Waals surface area contributed by atoms with Crippen LogP contribution in [0, 0.1) is 17.1 Å². The van der Waals surface area contributed by atoms with E-state index in [-0.39, 0.29) is 11.6 Å². The van der Waals surface area contributed by atoms with Gasteiger partial charge in [0, 0.05) is 5.56 Å². The molecule has 0 aliphatic heterocycles. The third-order valence-electron chi connectivity index (χ3n) is 2.62. The number of nitriles is 1. The van der Waals surface area contributed by atoms with E-state index in [2.05, 4.69) is 5.32 Å². The van der Waals surface area contributed by atoms with Crippen molar-refractivity contribution in [1.29, 1.82) is 5.26 Å². The van der Waals surface area contributed by atoms with Gasteiger partial charge in [-0.1, -0.05) is 24.3 Å². The van der Waals surface area contributed by atoms with Gasteiger partial charge in [-0.05, 0) is 29.8 Å². The number of amides is 1. The molecule has 1 amide bonds. The molecule has 0 fully saturated rings. The molecule has 0 spiro atoms. The summed E-state index contributed by atoms with van der Waals surface area (Å²) in [7, 11) is 0. The van der Waals surface area contributed by atoms with E-state index in [4.69, 9.17) is 5.26 Å². The Labute approximate surface area is 110 Å². The van der Waals surface area contributed by atoms with Crippen LogP contribution in [0.3, 0.4) is 0 Å². The van der Waals surface area contributed by atoms with Gasteiger partial charge in [0.25, 0.3) is 5.91 Å². The fourth-order valence-corrected chi connectivity index (χ4v) is 1.62. The molecule has 0 aromatic heterocycles. The molecule has 0 unspecified atom stereocenters. The average molecular weight is 254 g/mol. The van der Waals surface area contributed by atoms with E-state index >= 15 is 0 Å². The van der Waals surface area contributed by atoms with Crippen LogP contribution in [0.25, 0.3) is 0 Å². The first kappa shape index (κ1) is 12.8. The van der Waals surface area contributed by atoms with Gasteiger partial charge in [0.05, 0.1) is 18.2 Å². The monoisotopic (exact) mass is 254 g/mol. The lowest BCUT2D eigenvalue weighted by molar-refractivity contribution is 0.102. The molecule has 0 saturated carbocycles. The van der Waals surface area contributed by atoms with Crippen LogP contribution in [0.4, 0.5) is 10.1 Å². The second kappa shape index (κ2) is 5.78. The standard InChI is InChI=1S/C15H11FN2O/c16-13-3-1-2-4-14(13)18-15(19)12-7-5-11(6-8-12)9-10-17/h1-8H,9H2,(H,18,19). The summed E-state index contributed by atoms with van der Waals surface area (Å²) in [6.45, 7) is 0. The number of para-hydroxylation sites is 1. The lowest BCUT2D eigenvalue weighted by atomic mass is 10.1. The van der Waals surface area contributed by atoms with Gasteiger partial charge >= 0.3 is 0 Å². The van der Waals surface area contributed by atoms with Gasteiger partial charge in [0.1, 0.15) is 5.82 Å². The number of halogens is 1. The van der Waals surface area contributed by atoms with Gasteiger partial charge in [0.15, 0.2) is 0 Å². The summed E-state index contributed by atoms with van der Waals surface area (Å²) in [5.41, 5.74) is 1.41.